The van der Waals surface area contributed by atoms with Crippen LogP contribution in [0.2, 0.25) is 0 Å². The van der Waals surface area contributed by atoms with Crippen molar-refractivity contribution in [2.24, 2.45) is 0 Å². The number of rotatable bonds is 2. The molecule has 1 atom stereocenters. The number of amides is 1. The Hall–Kier alpha value is -1.23. The highest BCUT2D eigenvalue weighted by atomic mass is 32.2. The van der Waals surface area contributed by atoms with E-state index < -0.39 is 0 Å². The van der Waals surface area contributed by atoms with E-state index in [1.54, 1.807) is 24.3 Å². The van der Waals surface area contributed by atoms with Gasteiger partial charge in [-0.1, -0.05) is 12.1 Å². The van der Waals surface area contributed by atoms with Crippen LogP contribution in [0.4, 0.5) is 4.53 Å². The van der Waals surface area contributed by atoms with E-state index in [1.165, 1.54) is 11.9 Å². The Kier molecular flexibility index (Phi) is 2.58. The first-order chi connectivity index (χ1) is 6.79. The summed E-state index contributed by atoms with van der Waals surface area (Å²) in [6.45, 7) is 0. The third kappa shape index (κ3) is 1.82. The van der Waals surface area contributed by atoms with E-state index in [4.69, 9.17) is 0 Å². The van der Waals surface area contributed by atoms with Gasteiger partial charge in [0.05, 0.1) is 5.25 Å². The van der Waals surface area contributed by atoms with E-state index in [-0.39, 0.29) is 16.9 Å². The number of hydrogen-bond acceptors (Lipinski definition) is 3. The Morgan fingerprint density at radius 3 is 2.64 bits per heavy atom. The Morgan fingerprint density at radius 2 is 2.14 bits per heavy atom. The molecular formula is C9H8FNO2S. The molecule has 14 heavy (non-hydrogen) atoms. The second-order valence-electron chi connectivity index (χ2n) is 2.98. The second-order valence-corrected chi connectivity index (χ2v) is 3.99. The zero-order valence-corrected chi connectivity index (χ0v) is 8.01. The lowest BCUT2D eigenvalue weighted by Gasteiger charge is -2.05. The van der Waals surface area contributed by atoms with Crippen LogP contribution in [0.15, 0.2) is 24.3 Å². The molecule has 0 saturated carbocycles. The Labute approximate surface area is 84.7 Å². The van der Waals surface area contributed by atoms with Crippen molar-refractivity contribution >= 4 is 17.9 Å². The van der Waals surface area contributed by atoms with Gasteiger partial charge in [-0.15, -0.1) is 0 Å². The first-order valence-electron chi connectivity index (χ1n) is 4.12. The lowest BCUT2D eigenvalue weighted by atomic mass is 10.1. The number of nitrogens with one attached hydrogen (secondary N) is 1. The molecule has 1 amide bonds. The topological polar surface area (TPSA) is 38.3 Å². The van der Waals surface area contributed by atoms with E-state index in [1.807, 2.05) is 0 Å². The molecule has 3 nitrogen and oxygen atoms in total. The summed E-state index contributed by atoms with van der Waals surface area (Å²) in [6.07, 6.45) is 0.473. The molecule has 5 heteroatoms. The molecule has 1 heterocycles. The summed E-state index contributed by atoms with van der Waals surface area (Å²) in [6, 6.07) is 6.59. The summed E-state index contributed by atoms with van der Waals surface area (Å²) in [4.78, 5) is 14.5. The quantitative estimate of drug-likeness (QED) is 0.765. The average Bonchev–Trinajstić information content (AvgIpc) is 2.65. The van der Waals surface area contributed by atoms with Crippen LogP contribution in [-0.4, -0.2) is 5.91 Å². The van der Waals surface area contributed by atoms with Gasteiger partial charge in [0.2, 0.25) is 5.91 Å². The lowest BCUT2D eigenvalue weighted by molar-refractivity contribution is -0.118. The molecular weight excluding hydrogens is 205 g/mol. The molecule has 1 fully saturated rings. The van der Waals surface area contributed by atoms with Crippen LogP contribution >= 0.6 is 11.9 Å². The summed E-state index contributed by atoms with van der Waals surface area (Å²) in [5.74, 6) is 0.210. The fourth-order valence-electron chi connectivity index (χ4n) is 1.31. The van der Waals surface area contributed by atoms with Gasteiger partial charge in [-0.3, -0.25) is 14.5 Å². The van der Waals surface area contributed by atoms with Crippen LogP contribution in [0, 0.1) is 0 Å². The summed E-state index contributed by atoms with van der Waals surface area (Å²) in [7, 11) is 0. The minimum Gasteiger partial charge on any atom is -0.300 e. The fourth-order valence-corrected chi connectivity index (χ4v) is 2.19. The molecule has 0 spiro atoms. The van der Waals surface area contributed by atoms with Gasteiger partial charge in [0.25, 0.3) is 0 Å². The molecule has 0 aliphatic carbocycles. The predicted molar refractivity (Wildman–Crippen MR) is 51.3 cm³/mol. The third-order valence-corrected chi connectivity index (χ3v) is 3.10. The number of benzene rings is 1. The van der Waals surface area contributed by atoms with Crippen LogP contribution in [-0.2, 0) is 4.79 Å². The Bertz CT molecular complexity index is 341. The summed E-state index contributed by atoms with van der Waals surface area (Å²) >= 11 is 1.38. The molecule has 0 aromatic heterocycles. The highest BCUT2D eigenvalue weighted by Gasteiger charge is 2.23. The van der Waals surface area contributed by atoms with Crippen molar-refractivity contribution < 1.29 is 14.3 Å². The monoisotopic (exact) mass is 213 g/mol. The maximum absolute atomic E-state index is 11.7. The lowest BCUT2D eigenvalue weighted by Crippen LogP contribution is -2.04. The molecule has 74 valence electrons. The summed E-state index contributed by atoms with van der Waals surface area (Å²) in [5, 5.41) is 0.121. The largest absolute Gasteiger partial charge is 0.300 e. The molecule has 1 aromatic carbocycles. The molecule has 1 N–H and O–H groups in total. The van der Waals surface area contributed by atoms with Gasteiger partial charge in [0.1, 0.15) is 0 Å². The number of carbonyl (C=O) groups is 1. The average molecular weight is 213 g/mol. The molecule has 1 saturated heterocycles. The van der Waals surface area contributed by atoms with Crippen LogP contribution in [0.25, 0.3) is 0 Å². The van der Waals surface area contributed by atoms with Gasteiger partial charge in [-0.2, -0.15) is 0 Å². The van der Waals surface area contributed by atoms with Gasteiger partial charge in [0.15, 0.2) is 5.75 Å². The number of hydrogen-bond donors (Lipinski definition) is 1. The van der Waals surface area contributed by atoms with E-state index in [2.05, 4.69) is 9.66 Å². The smallest absolute Gasteiger partial charge is 0.231 e. The van der Waals surface area contributed by atoms with Crippen molar-refractivity contribution in [3.05, 3.63) is 29.8 Å². The third-order valence-electron chi connectivity index (χ3n) is 2.03. The van der Waals surface area contributed by atoms with E-state index in [0.717, 1.165) is 5.56 Å². The Balaban J connectivity index is 2.13. The molecule has 1 aliphatic rings. The predicted octanol–water partition coefficient (Wildman–Crippen LogP) is 2.16. The maximum atomic E-state index is 11.7. The summed E-state index contributed by atoms with van der Waals surface area (Å²) in [5.41, 5.74) is 0.995. The number of halogens is 1. The Morgan fingerprint density at radius 1 is 1.43 bits per heavy atom. The van der Waals surface area contributed by atoms with Crippen LogP contribution in [0.5, 0.6) is 5.75 Å². The highest BCUT2D eigenvalue weighted by molar-refractivity contribution is 7.98. The van der Waals surface area contributed by atoms with Crippen molar-refractivity contribution in [3.63, 3.8) is 0 Å². The highest BCUT2D eigenvalue weighted by Crippen LogP contribution is 2.35. The van der Waals surface area contributed by atoms with Gasteiger partial charge >= 0.3 is 0 Å². The van der Waals surface area contributed by atoms with Gasteiger partial charge in [-0.05, 0) is 29.6 Å². The normalized spacial score (nSPS) is 20.6. The fraction of sp³-hybridized carbons (Fsp3) is 0.222. The van der Waals surface area contributed by atoms with Crippen molar-refractivity contribution in [1.82, 2.24) is 4.72 Å². The van der Waals surface area contributed by atoms with Crippen molar-refractivity contribution in [2.45, 2.75) is 11.7 Å². The number of carbonyl (C=O) groups excluding carboxylic acids is 1. The van der Waals surface area contributed by atoms with Gasteiger partial charge in [0, 0.05) is 10.9 Å². The summed E-state index contributed by atoms with van der Waals surface area (Å²) < 4.78 is 14.4. The van der Waals surface area contributed by atoms with Crippen molar-refractivity contribution in [1.29, 1.82) is 0 Å². The molecule has 2 rings (SSSR count). The minimum absolute atomic E-state index is 0.0332. The van der Waals surface area contributed by atoms with Crippen LogP contribution in [0.1, 0.15) is 17.2 Å². The molecule has 1 unspecified atom stereocenters. The van der Waals surface area contributed by atoms with E-state index >= 15 is 0 Å². The van der Waals surface area contributed by atoms with E-state index in [9.17, 15) is 9.32 Å². The molecule has 0 radical (unpaired) electrons. The van der Waals surface area contributed by atoms with E-state index in [0.29, 0.717) is 6.42 Å². The maximum Gasteiger partial charge on any atom is 0.231 e. The van der Waals surface area contributed by atoms with Gasteiger partial charge < -0.3 is 0 Å². The minimum atomic E-state index is 0.0332. The molecule has 0 bridgehead atoms. The SMILES string of the molecule is O=C1CC(c2ccc(OF)cc2)SN1. The van der Waals surface area contributed by atoms with Crippen LogP contribution in [0.3, 0.4) is 0 Å². The van der Waals surface area contributed by atoms with Crippen molar-refractivity contribution in [3.8, 4) is 5.75 Å². The first-order valence-corrected chi connectivity index (χ1v) is 5.00. The van der Waals surface area contributed by atoms with Gasteiger partial charge in [-0.25, -0.2) is 0 Å². The second kappa shape index (κ2) is 3.88. The first kappa shape index (κ1) is 9.33. The zero-order chi connectivity index (χ0) is 9.97. The zero-order valence-electron chi connectivity index (χ0n) is 7.20. The standard InChI is InChI=1S/C9H8FNO2S/c10-13-7-3-1-6(2-4-7)8-5-9(12)11-14-8/h1-4,8H,5H2,(H,11,12). The molecule has 1 aromatic rings. The van der Waals surface area contributed by atoms with Crippen LogP contribution < -0.4 is 9.66 Å². The van der Waals surface area contributed by atoms with Crippen molar-refractivity contribution in [2.75, 3.05) is 0 Å². The molecule has 1 aliphatic heterocycles.